The van der Waals surface area contributed by atoms with Crippen LogP contribution in [0.25, 0.3) is 0 Å². The Balaban J connectivity index is 4.38. The van der Waals surface area contributed by atoms with Gasteiger partial charge in [0.2, 0.25) is 0 Å². The van der Waals surface area contributed by atoms with E-state index in [9.17, 15) is 4.79 Å². The number of ether oxygens (including phenoxy) is 1. The van der Waals surface area contributed by atoms with Gasteiger partial charge in [-0.15, -0.1) is 0 Å². The fourth-order valence-corrected chi connectivity index (χ4v) is 1.36. The van der Waals surface area contributed by atoms with Gasteiger partial charge < -0.3 is 4.74 Å². The van der Waals surface area contributed by atoms with Gasteiger partial charge in [0.15, 0.2) is 0 Å². The van der Waals surface area contributed by atoms with Crippen LogP contribution in [0.5, 0.6) is 0 Å². The Bertz CT molecular complexity index is 344. The first kappa shape index (κ1) is 15.4. The molecule has 0 amide bonds. The molecule has 0 aromatic rings. The van der Waals surface area contributed by atoms with Gasteiger partial charge >= 0.3 is 5.97 Å². The van der Waals surface area contributed by atoms with Crippen molar-refractivity contribution in [3.05, 3.63) is 23.3 Å². The van der Waals surface area contributed by atoms with Gasteiger partial charge in [-0.3, -0.25) is 0 Å². The minimum absolute atomic E-state index is 0.108. The summed E-state index contributed by atoms with van der Waals surface area (Å²) in [4.78, 5) is 11.4. The van der Waals surface area contributed by atoms with Crippen molar-refractivity contribution in [3.8, 4) is 6.07 Å². The Morgan fingerprint density at radius 3 is 2.59 bits per heavy atom. The number of hydrogen-bond acceptors (Lipinski definition) is 3. The van der Waals surface area contributed by atoms with Crippen LogP contribution in [0.4, 0.5) is 0 Å². The summed E-state index contributed by atoms with van der Waals surface area (Å²) in [6, 6.07) is 1.89. The second kappa shape index (κ2) is 8.58. The van der Waals surface area contributed by atoms with Gasteiger partial charge in [-0.25, -0.2) is 4.79 Å². The Hall–Kier alpha value is -1.56. The molecule has 0 aliphatic rings. The second-order valence-corrected chi connectivity index (χ2v) is 4.25. The van der Waals surface area contributed by atoms with E-state index in [1.165, 1.54) is 5.57 Å². The van der Waals surface area contributed by atoms with Crippen molar-refractivity contribution < 1.29 is 9.53 Å². The van der Waals surface area contributed by atoms with Crippen molar-refractivity contribution in [2.75, 3.05) is 6.61 Å². The Morgan fingerprint density at radius 1 is 1.47 bits per heavy atom. The predicted molar refractivity (Wildman–Crippen MR) is 68.2 cm³/mol. The smallest absolute Gasteiger partial charge is 0.348 e. The van der Waals surface area contributed by atoms with E-state index in [2.05, 4.69) is 19.9 Å². The molecule has 0 bridgehead atoms. The number of esters is 1. The number of carbonyl (C=O) groups is 1. The Kier molecular flexibility index (Phi) is 7.79. The highest BCUT2D eigenvalue weighted by molar-refractivity contribution is 5.92. The van der Waals surface area contributed by atoms with E-state index in [-0.39, 0.29) is 11.5 Å². The Labute approximate surface area is 104 Å². The molecule has 0 aliphatic carbocycles. The number of nitriles is 1. The predicted octanol–water partition coefficient (Wildman–Crippen LogP) is 3.38. The second-order valence-electron chi connectivity index (χ2n) is 4.25. The van der Waals surface area contributed by atoms with Crippen LogP contribution in [-0.2, 0) is 9.53 Å². The first-order valence-electron chi connectivity index (χ1n) is 5.93. The molecule has 1 atom stereocenters. The molecule has 0 aromatic carbocycles. The summed E-state index contributed by atoms with van der Waals surface area (Å²) in [6.45, 7) is 8.13. The summed E-state index contributed by atoms with van der Waals surface area (Å²) in [5.41, 5.74) is 1.39. The van der Waals surface area contributed by atoms with Crippen LogP contribution >= 0.6 is 0 Å². The summed E-state index contributed by atoms with van der Waals surface area (Å²) in [5.74, 6) is -0.325. The van der Waals surface area contributed by atoms with Gasteiger partial charge in [-0.1, -0.05) is 24.6 Å². The average molecular weight is 235 g/mol. The fraction of sp³-hybridized carbons (Fsp3) is 0.571. The SMILES string of the molecule is CCOC(=O)/C(C#N)=C/C(C)CCC=C(C)C. The molecule has 0 aromatic heterocycles. The highest BCUT2D eigenvalue weighted by atomic mass is 16.5. The molecule has 0 heterocycles. The van der Waals surface area contributed by atoms with Gasteiger partial charge in [0.25, 0.3) is 0 Å². The van der Waals surface area contributed by atoms with Crippen LogP contribution in [0, 0.1) is 17.2 Å². The van der Waals surface area contributed by atoms with E-state index in [0.29, 0.717) is 6.61 Å². The summed E-state index contributed by atoms with van der Waals surface area (Å²) >= 11 is 0. The Morgan fingerprint density at radius 2 is 2.12 bits per heavy atom. The molecule has 0 saturated carbocycles. The largest absolute Gasteiger partial charge is 0.462 e. The first-order valence-corrected chi connectivity index (χ1v) is 5.93. The number of nitrogens with zero attached hydrogens (tertiary/aromatic N) is 1. The fourth-order valence-electron chi connectivity index (χ4n) is 1.36. The normalized spacial score (nSPS) is 12.5. The zero-order chi connectivity index (χ0) is 13.3. The third-order valence-corrected chi connectivity index (χ3v) is 2.24. The highest BCUT2D eigenvalue weighted by Gasteiger charge is 2.11. The molecule has 0 N–H and O–H groups in total. The molecule has 94 valence electrons. The van der Waals surface area contributed by atoms with Gasteiger partial charge in [0.1, 0.15) is 11.6 Å². The summed E-state index contributed by atoms with van der Waals surface area (Å²) < 4.78 is 4.80. The molecule has 0 spiro atoms. The molecule has 0 rings (SSSR count). The molecule has 0 radical (unpaired) electrons. The van der Waals surface area contributed by atoms with E-state index in [4.69, 9.17) is 10.00 Å². The number of rotatable bonds is 6. The van der Waals surface area contributed by atoms with Crippen molar-refractivity contribution in [3.63, 3.8) is 0 Å². The summed E-state index contributed by atoms with van der Waals surface area (Å²) in [5, 5.41) is 8.85. The maximum absolute atomic E-state index is 11.4. The van der Waals surface area contributed by atoms with Crippen LogP contribution in [0.15, 0.2) is 23.3 Å². The van der Waals surface area contributed by atoms with E-state index in [0.717, 1.165) is 12.8 Å². The minimum Gasteiger partial charge on any atom is -0.462 e. The zero-order valence-electron chi connectivity index (χ0n) is 11.1. The van der Waals surface area contributed by atoms with Crippen molar-refractivity contribution in [2.45, 2.75) is 40.5 Å². The lowest BCUT2D eigenvalue weighted by molar-refractivity contribution is -0.138. The van der Waals surface area contributed by atoms with Crippen molar-refractivity contribution in [1.29, 1.82) is 5.26 Å². The molecule has 3 heteroatoms. The molecule has 0 fully saturated rings. The van der Waals surface area contributed by atoms with E-state index in [1.807, 2.05) is 13.0 Å². The maximum Gasteiger partial charge on any atom is 0.348 e. The summed E-state index contributed by atoms with van der Waals surface area (Å²) in [6.07, 6.45) is 5.73. The van der Waals surface area contributed by atoms with Crippen LogP contribution in [0.1, 0.15) is 40.5 Å². The number of carbonyl (C=O) groups excluding carboxylic acids is 1. The number of allylic oxidation sites excluding steroid dienone is 3. The monoisotopic (exact) mass is 235 g/mol. The standard InChI is InChI=1S/C14H21NO2/c1-5-17-14(16)13(10-15)9-12(4)8-6-7-11(2)3/h7,9,12H,5-6,8H2,1-4H3/b13-9+. The molecular weight excluding hydrogens is 214 g/mol. The first-order chi connectivity index (χ1) is 8.01. The third kappa shape index (κ3) is 7.35. The van der Waals surface area contributed by atoms with Crippen LogP contribution in [0.2, 0.25) is 0 Å². The van der Waals surface area contributed by atoms with Crippen LogP contribution < -0.4 is 0 Å². The van der Waals surface area contributed by atoms with Crippen LogP contribution in [-0.4, -0.2) is 12.6 Å². The third-order valence-electron chi connectivity index (χ3n) is 2.24. The minimum atomic E-state index is -0.524. The lowest BCUT2D eigenvalue weighted by atomic mass is 10.0. The van der Waals surface area contributed by atoms with Crippen molar-refractivity contribution in [1.82, 2.24) is 0 Å². The molecule has 0 saturated heterocycles. The molecule has 0 aliphatic heterocycles. The average Bonchev–Trinajstić information content (AvgIpc) is 2.25. The number of hydrogen-bond donors (Lipinski definition) is 0. The highest BCUT2D eigenvalue weighted by Crippen LogP contribution is 2.12. The van der Waals surface area contributed by atoms with Crippen molar-refractivity contribution >= 4 is 5.97 Å². The quantitative estimate of drug-likeness (QED) is 0.307. The van der Waals surface area contributed by atoms with E-state index >= 15 is 0 Å². The van der Waals surface area contributed by atoms with Crippen LogP contribution in [0.3, 0.4) is 0 Å². The lowest BCUT2D eigenvalue weighted by Gasteiger charge is -2.05. The van der Waals surface area contributed by atoms with E-state index < -0.39 is 5.97 Å². The van der Waals surface area contributed by atoms with Crippen molar-refractivity contribution in [2.24, 2.45) is 5.92 Å². The zero-order valence-corrected chi connectivity index (χ0v) is 11.1. The van der Waals surface area contributed by atoms with Gasteiger partial charge in [0, 0.05) is 0 Å². The molecule has 3 nitrogen and oxygen atoms in total. The van der Waals surface area contributed by atoms with Gasteiger partial charge in [-0.2, -0.15) is 5.26 Å². The molecule has 17 heavy (non-hydrogen) atoms. The summed E-state index contributed by atoms with van der Waals surface area (Å²) in [7, 11) is 0. The van der Waals surface area contributed by atoms with Gasteiger partial charge in [-0.05, 0) is 39.5 Å². The lowest BCUT2D eigenvalue weighted by Crippen LogP contribution is -2.07. The van der Waals surface area contributed by atoms with Gasteiger partial charge in [0.05, 0.1) is 6.61 Å². The maximum atomic E-state index is 11.4. The molecule has 1 unspecified atom stereocenters. The topological polar surface area (TPSA) is 50.1 Å². The molecular formula is C14H21NO2. The van der Waals surface area contributed by atoms with E-state index in [1.54, 1.807) is 13.0 Å².